The topological polar surface area (TPSA) is 115 Å². The number of carbonyl (C=O) groups is 4. The molecular weight excluding hydrogens is 835 g/mol. The Labute approximate surface area is 357 Å². The van der Waals surface area contributed by atoms with Crippen LogP contribution < -0.4 is 10.2 Å². The summed E-state index contributed by atoms with van der Waals surface area (Å²) in [4.78, 5) is 58.1. The maximum Gasteiger partial charge on any atom is 0.410 e. The van der Waals surface area contributed by atoms with Gasteiger partial charge in [0.15, 0.2) is 0 Å². The fraction of sp³-hybridized carbons (Fsp3) is 0.619. The lowest BCUT2D eigenvalue weighted by atomic mass is 10.1. The molecule has 1 N–H and O–H groups in total. The monoisotopic (exact) mass is 894 g/mol. The van der Waals surface area contributed by atoms with Gasteiger partial charge in [0.25, 0.3) is 11.8 Å². The number of likely N-dealkylation sites (tertiary alicyclic amines) is 2. The van der Waals surface area contributed by atoms with E-state index in [2.05, 4.69) is 26.1 Å². The summed E-state index contributed by atoms with van der Waals surface area (Å²) < 4.78 is 11.5. The fourth-order valence-corrected chi connectivity index (χ4v) is 7.44. The number of benzene rings is 2. The number of nitrogens with one attached hydrogen (secondary N) is 1. The molecule has 0 atom stereocenters. The Kier molecular flexibility index (Phi) is 17.6. The number of piperidine rings is 2. The van der Waals surface area contributed by atoms with Crippen LogP contribution in [-0.4, -0.2) is 133 Å². The van der Waals surface area contributed by atoms with E-state index in [1.165, 1.54) is 12.8 Å². The number of ether oxygens (including phenoxy) is 2. The molecule has 4 aliphatic rings. The van der Waals surface area contributed by atoms with Crippen molar-refractivity contribution in [1.29, 1.82) is 0 Å². The van der Waals surface area contributed by atoms with Crippen LogP contribution in [0.4, 0.5) is 15.3 Å². The number of halogens is 3. The van der Waals surface area contributed by atoms with E-state index in [4.69, 9.17) is 32.7 Å². The molecule has 0 unspecified atom stereocenters. The van der Waals surface area contributed by atoms with Crippen LogP contribution in [0.2, 0.25) is 10.0 Å². The summed E-state index contributed by atoms with van der Waals surface area (Å²) in [5, 5.41) is 4.44. The van der Waals surface area contributed by atoms with Crippen LogP contribution in [-0.2, 0) is 9.47 Å². The van der Waals surface area contributed by atoms with Crippen LogP contribution in [0.3, 0.4) is 0 Å². The molecule has 316 valence electrons. The van der Waals surface area contributed by atoms with Crippen LogP contribution in [0.1, 0.15) is 101 Å². The number of anilines is 1. The average molecular weight is 897 g/mol. The van der Waals surface area contributed by atoms with Crippen molar-refractivity contribution in [2.75, 3.05) is 83.4 Å². The number of hydrogen-bond acceptors (Lipinski definition) is 8. The van der Waals surface area contributed by atoms with Gasteiger partial charge in [0.1, 0.15) is 11.2 Å². The molecule has 2 aromatic carbocycles. The first kappa shape index (κ1) is 46.4. The fourth-order valence-electron chi connectivity index (χ4n) is 6.71. The number of amides is 4. The van der Waals surface area contributed by atoms with Crippen molar-refractivity contribution in [2.45, 2.75) is 91.3 Å². The highest BCUT2D eigenvalue weighted by Gasteiger charge is 2.28. The predicted octanol–water partition coefficient (Wildman–Crippen LogP) is 8.58. The van der Waals surface area contributed by atoms with Crippen molar-refractivity contribution in [3.63, 3.8) is 0 Å². The van der Waals surface area contributed by atoms with Crippen LogP contribution in [0.5, 0.6) is 0 Å². The Morgan fingerprint density at radius 3 is 1.42 bits per heavy atom. The first-order valence-electron chi connectivity index (χ1n) is 20.2. The standard InChI is InChI=1S/C21H30ClN3O3.C12H13BrClNO.C9H18N2O2/c1-21(2,3)28-20(27)25-13-11-23(12-14-25)18-15-16(7-8-17(18)22)19(26)24-9-5-4-6-10-24;13-10-8-9(4-5-11(10)14)12(16)15-6-2-1-3-7-15;1-9(2,3)13-8(12)11-6-4-10-5-7-11/h7-8,15H,4-6,9-14H2,1-3H3;4-5,8H,1-3,6-7H2;10H,4-7H2,1-3H3. The SMILES string of the molecule is CC(C)(C)OC(=O)N1CCN(c2cc(C(=O)N3CCCCC3)ccc2Cl)CC1.CC(C)(C)OC(=O)N1CCNCC1.O=C(c1ccc(Cl)c(Br)c1)N1CCCCC1. The minimum atomic E-state index is -0.499. The number of carbonyl (C=O) groups excluding carboxylic acids is 4. The highest BCUT2D eigenvalue weighted by atomic mass is 79.9. The van der Waals surface area contributed by atoms with Gasteiger partial charge in [0, 0.05) is 94.1 Å². The van der Waals surface area contributed by atoms with Gasteiger partial charge < -0.3 is 39.3 Å². The lowest BCUT2D eigenvalue weighted by molar-refractivity contribution is 0.0223. The molecule has 4 fully saturated rings. The molecule has 12 nitrogen and oxygen atoms in total. The Bertz CT molecular complexity index is 1660. The number of nitrogens with zero attached hydrogens (tertiary/aromatic N) is 5. The molecule has 4 heterocycles. The molecule has 0 saturated carbocycles. The number of piperazine rings is 2. The summed E-state index contributed by atoms with van der Waals surface area (Å²) in [7, 11) is 0. The second-order valence-electron chi connectivity index (χ2n) is 16.7. The third-order valence-corrected chi connectivity index (χ3v) is 11.2. The molecule has 4 saturated heterocycles. The summed E-state index contributed by atoms with van der Waals surface area (Å²) in [6.07, 6.45) is 6.30. The average Bonchev–Trinajstić information content (AvgIpc) is 3.19. The van der Waals surface area contributed by atoms with Crippen molar-refractivity contribution in [1.82, 2.24) is 24.9 Å². The van der Waals surface area contributed by atoms with Crippen molar-refractivity contribution in [3.05, 3.63) is 62.0 Å². The Balaban J connectivity index is 0.000000209. The molecular formula is C42H61BrCl2N6O6. The minimum absolute atomic E-state index is 0.0741. The molecule has 0 aliphatic carbocycles. The van der Waals surface area contributed by atoms with E-state index < -0.39 is 5.60 Å². The van der Waals surface area contributed by atoms with Gasteiger partial charge in [0.2, 0.25) is 0 Å². The Morgan fingerprint density at radius 2 is 0.982 bits per heavy atom. The van der Waals surface area contributed by atoms with Gasteiger partial charge in [-0.15, -0.1) is 0 Å². The van der Waals surface area contributed by atoms with Gasteiger partial charge in [-0.2, -0.15) is 0 Å². The van der Waals surface area contributed by atoms with E-state index in [0.717, 1.165) is 88.2 Å². The summed E-state index contributed by atoms with van der Waals surface area (Å²) in [5.74, 6) is 0.182. The van der Waals surface area contributed by atoms with Gasteiger partial charge in [-0.1, -0.05) is 23.2 Å². The summed E-state index contributed by atoms with van der Waals surface area (Å²) >= 11 is 15.7. The van der Waals surface area contributed by atoms with Gasteiger partial charge >= 0.3 is 12.2 Å². The molecule has 4 amide bonds. The normalized spacial score (nSPS) is 17.7. The van der Waals surface area contributed by atoms with Gasteiger partial charge in [-0.25, -0.2) is 9.59 Å². The third-order valence-electron chi connectivity index (χ3n) is 9.69. The molecule has 57 heavy (non-hydrogen) atoms. The van der Waals surface area contributed by atoms with Crippen LogP contribution in [0.25, 0.3) is 0 Å². The van der Waals surface area contributed by atoms with Crippen molar-refractivity contribution >= 4 is 68.8 Å². The lowest BCUT2D eigenvalue weighted by Crippen LogP contribution is -2.50. The highest BCUT2D eigenvalue weighted by Crippen LogP contribution is 2.30. The molecule has 4 aliphatic heterocycles. The quantitative estimate of drug-likeness (QED) is 0.326. The molecule has 2 aromatic rings. The summed E-state index contributed by atoms with van der Waals surface area (Å²) in [6.45, 7) is 20.3. The van der Waals surface area contributed by atoms with E-state index in [0.29, 0.717) is 47.4 Å². The first-order valence-corrected chi connectivity index (χ1v) is 21.7. The largest absolute Gasteiger partial charge is 0.444 e. The first-order chi connectivity index (χ1) is 26.9. The second-order valence-corrected chi connectivity index (χ2v) is 18.3. The summed E-state index contributed by atoms with van der Waals surface area (Å²) in [6, 6.07) is 10.8. The van der Waals surface area contributed by atoms with E-state index in [1.54, 1.807) is 40.1 Å². The highest BCUT2D eigenvalue weighted by molar-refractivity contribution is 9.10. The molecule has 0 aromatic heterocycles. The Morgan fingerprint density at radius 1 is 0.561 bits per heavy atom. The smallest absolute Gasteiger partial charge is 0.410 e. The zero-order valence-corrected chi connectivity index (χ0v) is 37.6. The number of rotatable bonds is 3. The molecule has 0 radical (unpaired) electrons. The predicted molar refractivity (Wildman–Crippen MR) is 231 cm³/mol. The van der Waals surface area contributed by atoms with Crippen LogP contribution >= 0.6 is 39.1 Å². The maximum absolute atomic E-state index is 12.8. The van der Waals surface area contributed by atoms with Crippen molar-refractivity contribution < 1.29 is 28.7 Å². The maximum atomic E-state index is 12.8. The molecule has 0 spiro atoms. The van der Waals surface area contributed by atoms with Crippen molar-refractivity contribution in [2.24, 2.45) is 0 Å². The molecule has 15 heteroatoms. The number of hydrogen-bond donors (Lipinski definition) is 1. The molecule has 0 bridgehead atoms. The summed E-state index contributed by atoms with van der Waals surface area (Å²) in [5.41, 5.74) is 1.35. The minimum Gasteiger partial charge on any atom is -0.444 e. The lowest BCUT2D eigenvalue weighted by Gasteiger charge is -2.37. The van der Waals surface area contributed by atoms with Crippen LogP contribution in [0.15, 0.2) is 40.9 Å². The van der Waals surface area contributed by atoms with Gasteiger partial charge in [-0.05, 0) is 132 Å². The van der Waals surface area contributed by atoms with E-state index in [-0.39, 0.29) is 29.6 Å². The molecule has 6 rings (SSSR count). The zero-order chi connectivity index (χ0) is 41.8. The third kappa shape index (κ3) is 15.1. The van der Waals surface area contributed by atoms with Gasteiger partial charge in [-0.3, -0.25) is 9.59 Å². The van der Waals surface area contributed by atoms with E-state index >= 15 is 0 Å². The van der Waals surface area contributed by atoms with Gasteiger partial charge in [0.05, 0.1) is 15.7 Å². The second kappa shape index (κ2) is 21.7. The van der Waals surface area contributed by atoms with Crippen molar-refractivity contribution in [3.8, 4) is 0 Å². The van der Waals surface area contributed by atoms with E-state index in [9.17, 15) is 19.2 Å². The van der Waals surface area contributed by atoms with Crippen LogP contribution in [0, 0.1) is 0 Å². The zero-order valence-electron chi connectivity index (χ0n) is 34.5. The Hall–Kier alpha value is -3.26. The van der Waals surface area contributed by atoms with E-state index in [1.807, 2.05) is 57.4 Å².